The normalized spacial score (nSPS) is 20.2. The molecule has 3 heterocycles. The Morgan fingerprint density at radius 2 is 2.19 bits per heavy atom. The minimum absolute atomic E-state index is 0.00693. The third kappa shape index (κ3) is 4.10. The lowest BCUT2D eigenvalue weighted by molar-refractivity contribution is -0.125. The van der Waals surface area contributed by atoms with Crippen molar-refractivity contribution in [3.8, 4) is 0 Å². The van der Waals surface area contributed by atoms with Crippen LogP contribution < -0.4 is 10.6 Å². The van der Waals surface area contributed by atoms with Crippen molar-refractivity contribution < 1.29 is 9.59 Å². The molecule has 3 rings (SSSR count). The third-order valence-corrected chi connectivity index (χ3v) is 5.13. The van der Waals surface area contributed by atoms with E-state index >= 15 is 0 Å². The number of aromatic nitrogens is 3. The van der Waals surface area contributed by atoms with Crippen LogP contribution in [0.5, 0.6) is 0 Å². The number of hydrogen-bond donors (Lipinski definition) is 2. The highest BCUT2D eigenvalue weighted by atomic mass is 32.1. The lowest BCUT2D eigenvalue weighted by Crippen LogP contribution is -2.43. The number of likely N-dealkylation sites (tertiary alicyclic amines) is 1. The second-order valence-corrected chi connectivity index (χ2v) is 6.97. The van der Waals surface area contributed by atoms with Gasteiger partial charge in [-0.3, -0.25) is 14.5 Å². The molecule has 26 heavy (non-hydrogen) atoms. The quantitative estimate of drug-likeness (QED) is 0.748. The Morgan fingerprint density at radius 3 is 2.88 bits per heavy atom. The first-order valence-corrected chi connectivity index (χ1v) is 9.77. The zero-order chi connectivity index (χ0) is 18.5. The largest absolute Gasteiger partial charge is 0.355 e. The second-order valence-electron chi connectivity index (χ2n) is 6.25. The molecule has 1 fully saturated rings. The summed E-state index contributed by atoms with van der Waals surface area (Å²) in [6.07, 6.45) is 4.29. The first-order valence-electron chi connectivity index (χ1n) is 8.83. The Labute approximate surface area is 156 Å². The number of likely N-dealkylation sites (N-methyl/N-ethyl adjacent to an activating group) is 1. The number of carbonyl (C=O) groups is 2. The molecule has 0 unspecified atom stereocenters. The molecule has 2 N–H and O–H groups in total. The predicted molar refractivity (Wildman–Crippen MR) is 98.8 cm³/mol. The van der Waals surface area contributed by atoms with Gasteiger partial charge in [-0.05, 0) is 20.3 Å². The summed E-state index contributed by atoms with van der Waals surface area (Å²) < 4.78 is 2.07. The van der Waals surface area contributed by atoms with Gasteiger partial charge in [0, 0.05) is 43.4 Å². The van der Waals surface area contributed by atoms with Gasteiger partial charge >= 0.3 is 0 Å². The maximum Gasteiger partial charge on any atom is 0.271 e. The number of thiazole rings is 1. The lowest BCUT2D eigenvalue weighted by Gasteiger charge is -2.23. The zero-order valence-corrected chi connectivity index (χ0v) is 15.8. The zero-order valence-electron chi connectivity index (χ0n) is 15.0. The molecular weight excluding hydrogens is 352 g/mol. The van der Waals surface area contributed by atoms with E-state index in [2.05, 4.69) is 37.0 Å². The smallest absolute Gasteiger partial charge is 0.271 e. The van der Waals surface area contributed by atoms with E-state index in [9.17, 15) is 9.59 Å². The molecule has 0 radical (unpaired) electrons. The van der Waals surface area contributed by atoms with Gasteiger partial charge in [0.05, 0.1) is 18.1 Å². The van der Waals surface area contributed by atoms with Crippen LogP contribution in [0.15, 0.2) is 23.3 Å². The molecule has 2 aromatic rings. The van der Waals surface area contributed by atoms with Crippen LogP contribution >= 0.6 is 11.3 Å². The highest BCUT2D eigenvalue weighted by Gasteiger charge is 2.38. The molecule has 2 atom stereocenters. The molecule has 1 aliphatic rings. The van der Waals surface area contributed by atoms with Gasteiger partial charge < -0.3 is 15.2 Å². The predicted octanol–water partition coefficient (Wildman–Crippen LogP) is 0.869. The summed E-state index contributed by atoms with van der Waals surface area (Å²) in [5, 5.41) is 7.62. The Balaban J connectivity index is 1.70. The molecule has 140 valence electrons. The van der Waals surface area contributed by atoms with Crippen LogP contribution in [-0.4, -0.2) is 56.4 Å². The minimum atomic E-state index is -0.280. The average molecular weight is 376 g/mol. The maximum atomic E-state index is 12.5. The highest BCUT2D eigenvalue weighted by Crippen LogP contribution is 2.21. The van der Waals surface area contributed by atoms with Gasteiger partial charge in [-0.1, -0.05) is 0 Å². The molecule has 2 aromatic heterocycles. The maximum absolute atomic E-state index is 12.5. The first kappa shape index (κ1) is 18.5. The van der Waals surface area contributed by atoms with Crippen molar-refractivity contribution in [1.29, 1.82) is 0 Å². The summed E-state index contributed by atoms with van der Waals surface area (Å²) in [6, 6.07) is -0.375. The van der Waals surface area contributed by atoms with Gasteiger partial charge in [-0.2, -0.15) is 0 Å². The van der Waals surface area contributed by atoms with Crippen LogP contribution in [0, 0.1) is 0 Å². The molecule has 0 saturated carbocycles. The monoisotopic (exact) mass is 376 g/mol. The van der Waals surface area contributed by atoms with Gasteiger partial charge in [0.1, 0.15) is 11.5 Å². The van der Waals surface area contributed by atoms with Crippen LogP contribution in [-0.2, 0) is 17.9 Å². The first-order chi connectivity index (χ1) is 12.6. The minimum Gasteiger partial charge on any atom is -0.355 e. The number of rotatable bonds is 7. The van der Waals surface area contributed by atoms with Crippen LogP contribution in [0.4, 0.5) is 0 Å². The second kappa shape index (κ2) is 8.41. The molecule has 8 nitrogen and oxygen atoms in total. The Kier molecular flexibility index (Phi) is 6.00. The third-order valence-electron chi connectivity index (χ3n) is 4.54. The number of imidazole rings is 1. The number of nitrogens with one attached hydrogen (secondary N) is 2. The molecule has 9 heteroatoms. The fourth-order valence-corrected chi connectivity index (χ4v) is 3.82. The number of amides is 2. The Morgan fingerprint density at radius 1 is 1.35 bits per heavy atom. The van der Waals surface area contributed by atoms with Crippen molar-refractivity contribution >= 4 is 23.2 Å². The molecule has 2 amide bonds. The molecule has 1 aliphatic heterocycles. The molecule has 1 saturated heterocycles. The fraction of sp³-hybridized carbons (Fsp3) is 0.529. The van der Waals surface area contributed by atoms with Crippen molar-refractivity contribution in [3.05, 3.63) is 34.8 Å². The van der Waals surface area contributed by atoms with Crippen molar-refractivity contribution in [1.82, 2.24) is 30.1 Å². The summed E-state index contributed by atoms with van der Waals surface area (Å²) in [5.41, 5.74) is 2.06. The number of hydrogen-bond acceptors (Lipinski definition) is 6. The SMILES string of the molecule is CCNC(=O)[C@@H]1C[C@H](NC(=O)c2cscn2)CN1Cc1nccn1CC. The van der Waals surface area contributed by atoms with Crippen LogP contribution in [0.1, 0.15) is 36.6 Å². The van der Waals surface area contributed by atoms with E-state index in [4.69, 9.17) is 0 Å². The van der Waals surface area contributed by atoms with Gasteiger partial charge in [0.15, 0.2) is 0 Å². The standard InChI is InChI=1S/C17H24N6O2S/c1-3-18-17(25)14-7-12(21-16(24)13-10-26-11-20-13)8-23(14)9-15-19-5-6-22(15)4-2/h5-6,10-12,14H,3-4,7-9H2,1-2H3,(H,18,25)(H,21,24)/t12-,14-/m0/s1. The van der Waals surface area contributed by atoms with E-state index in [1.165, 1.54) is 11.3 Å². The van der Waals surface area contributed by atoms with Crippen molar-refractivity contribution in [2.24, 2.45) is 0 Å². The summed E-state index contributed by atoms with van der Waals surface area (Å²) in [5.74, 6) is 0.726. The molecule has 0 aromatic carbocycles. The molecule has 0 aliphatic carbocycles. The fourth-order valence-electron chi connectivity index (χ4n) is 3.29. The lowest BCUT2D eigenvalue weighted by atomic mass is 10.1. The summed E-state index contributed by atoms with van der Waals surface area (Å²) in [4.78, 5) is 35.3. The average Bonchev–Trinajstić information content (AvgIpc) is 3.36. The Hall–Kier alpha value is -2.26. The van der Waals surface area contributed by atoms with Crippen molar-refractivity contribution in [2.75, 3.05) is 13.1 Å². The van der Waals surface area contributed by atoms with Crippen LogP contribution in [0.3, 0.4) is 0 Å². The summed E-state index contributed by atoms with van der Waals surface area (Å²) in [6.45, 7) is 6.57. The number of aryl methyl sites for hydroxylation is 1. The van der Waals surface area contributed by atoms with Gasteiger partial charge in [-0.15, -0.1) is 11.3 Å². The van der Waals surface area contributed by atoms with Gasteiger partial charge in [-0.25, -0.2) is 9.97 Å². The summed E-state index contributed by atoms with van der Waals surface area (Å²) in [7, 11) is 0. The van der Waals surface area contributed by atoms with Gasteiger partial charge in [0.2, 0.25) is 5.91 Å². The van der Waals surface area contributed by atoms with Crippen molar-refractivity contribution in [2.45, 2.75) is 45.4 Å². The Bertz CT molecular complexity index is 744. The molecule has 0 bridgehead atoms. The van der Waals surface area contributed by atoms with E-state index in [0.29, 0.717) is 31.7 Å². The van der Waals surface area contributed by atoms with Crippen LogP contribution in [0.25, 0.3) is 0 Å². The highest BCUT2D eigenvalue weighted by molar-refractivity contribution is 7.07. The van der Waals surface area contributed by atoms with E-state index in [1.54, 1.807) is 17.1 Å². The van der Waals surface area contributed by atoms with Gasteiger partial charge in [0.25, 0.3) is 5.91 Å². The van der Waals surface area contributed by atoms with Crippen molar-refractivity contribution in [3.63, 3.8) is 0 Å². The van der Waals surface area contributed by atoms with Crippen LogP contribution in [0.2, 0.25) is 0 Å². The topological polar surface area (TPSA) is 92.2 Å². The van der Waals surface area contributed by atoms with E-state index in [0.717, 1.165) is 12.4 Å². The van der Waals surface area contributed by atoms with E-state index in [1.807, 2.05) is 13.1 Å². The number of nitrogens with zero attached hydrogens (tertiary/aromatic N) is 4. The molecule has 0 spiro atoms. The molecular formula is C17H24N6O2S. The summed E-state index contributed by atoms with van der Waals surface area (Å²) >= 11 is 1.39. The number of carbonyl (C=O) groups excluding carboxylic acids is 2. The van der Waals surface area contributed by atoms with E-state index in [-0.39, 0.29) is 23.9 Å². The van der Waals surface area contributed by atoms with E-state index < -0.39 is 0 Å².